The van der Waals surface area contributed by atoms with E-state index in [0.717, 1.165) is 5.56 Å². The normalized spacial score (nSPS) is 14.8. The van der Waals surface area contributed by atoms with Crippen LogP contribution in [-0.2, 0) is 9.59 Å². The minimum Gasteiger partial charge on any atom is -0.482 e. The van der Waals surface area contributed by atoms with Crippen LogP contribution >= 0.6 is 0 Å². The summed E-state index contributed by atoms with van der Waals surface area (Å²) in [6, 6.07) is 5.08. The first kappa shape index (κ1) is 17.9. The molecule has 138 valence electrons. The number of carbonyl (C=O) groups is 2. The third-order valence-electron chi connectivity index (χ3n) is 4.06. The Morgan fingerprint density at radius 3 is 2.69 bits per heavy atom. The number of nitrogens with one attached hydrogen (secondary N) is 1. The molecule has 3 rings (SSSR count). The van der Waals surface area contributed by atoms with Gasteiger partial charge in [0.1, 0.15) is 18.3 Å². The van der Waals surface area contributed by atoms with Crippen LogP contribution in [0.3, 0.4) is 0 Å². The average Bonchev–Trinajstić information content (AvgIpc) is 3.08. The Morgan fingerprint density at radius 2 is 2.00 bits per heavy atom. The summed E-state index contributed by atoms with van der Waals surface area (Å²) in [5, 5.41) is 10.7. The molecule has 26 heavy (non-hydrogen) atoms. The molecule has 0 aliphatic carbocycles. The Kier molecular flexibility index (Phi) is 4.92. The molecule has 1 aliphatic heterocycles. The second-order valence-corrected chi connectivity index (χ2v) is 6.66. The highest BCUT2D eigenvalue weighted by atomic mass is 16.5. The van der Waals surface area contributed by atoms with E-state index in [4.69, 9.17) is 9.15 Å². The number of anilines is 1. The first-order valence-electron chi connectivity index (χ1n) is 8.51. The maximum atomic E-state index is 12.4. The van der Waals surface area contributed by atoms with E-state index in [-0.39, 0.29) is 30.9 Å². The van der Waals surface area contributed by atoms with Crippen LogP contribution in [-0.4, -0.2) is 35.2 Å². The van der Waals surface area contributed by atoms with Crippen molar-refractivity contribution in [1.29, 1.82) is 0 Å². The Hall–Kier alpha value is -2.90. The first-order valence-corrected chi connectivity index (χ1v) is 8.51. The number of benzene rings is 1. The highest BCUT2D eigenvalue weighted by molar-refractivity contribution is 6.02. The summed E-state index contributed by atoms with van der Waals surface area (Å²) >= 11 is 0. The fourth-order valence-corrected chi connectivity index (χ4v) is 2.63. The van der Waals surface area contributed by atoms with Crippen LogP contribution in [0.5, 0.6) is 5.75 Å². The zero-order valence-electron chi connectivity index (χ0n) is 15.3. The van der Waals surface area contributed by atoms with Crippen LogP contribution in [0.15, 0.2) is 22.6 Å². The van der Waals surface area contributed by atoms with Gasteiger partial charge in [0.25, 0.3) is 5.91 Å². The van der Waals surface area contributed by atoms with Crippen LogP contribution in [0.25, 0.3) is 0 Å². The van der Waals surface area contributed by atoms with Gasteiger partial charge in [-0.3, -0.25) is 14.5 Å². The van der Waals surface area contributed by atoms with E-state index in [1.54, 1.807) is 13.0 Å². The molecule has 1 aromatic heterocycles. The molecule has 1 atom stereocenters. The smallest absolute Gasteiger partial charge is 0.265 e. The summed E-state index contributed by atoms with van der Waals surface area (Å²) in [5.41, 5.74) is 1.58. The van der Waals surface area contributed by atoms with Gasteiger partial charge in [0, 0.05) is 5.92 Å². The number of amides is 2. The van der Waals surface area contributed by atoms with E-state index in [2.05, 4.69) is 15.5 Å². The zero-order chi connectivity index (χ0) is 18.8. The van der Waals surface area contributed by atoms with Crippen LogP contribution in [0.1, 0.15) is 50.1 Å². The minimum atomic E-state index is -0.448. The Morgan fingerprint density at radius 1 is 1.27 bits per heavy atom. The van der Waals surface area contributed by atoms with Crippen molar-refractivity contribution >= 4 is 17.5 Å². The first-order chi connectivity index (χ1) is 12.3. The molecule has 1 aliphatic rings. The second kappa shape index (κ2) is 7.15. The molecule has 1 aromatic carbocycles. The van der Waals surface area contributed by atoms with Gasteiger partial charge in [0.05, 0.1) is 5.69 Å². The molecule has 2 heterocycles. The van der Waals surface area contributed by atoms with Gasteiger partial charge in [-0.25, -0.2) is 0 Å². The molecule has 0 radical (unpaired) electrons. The minimum absolute atomic E-state index is 0.0830. The second-order valence-electron chi connectivity index (χ2n) is 6.66. The Labute approximate surface area is 151 Å². The number of rotatable bonds is 5. The summed E-state index contributed by atoms with van der Waals surface area (Å²) in [6.45, 7) is 7.39. The largest absolute Gasteiger partial charge is 0.482 e. The number of carbonyl (C=O) groups excluding carboxylic acids is 2. The molecule has 2 aromatic rings. The lowest BCUT2D eigenvalue weighted by Gasteiger charge is -2.29. The van der Waals surface area contributed by atoms with Crippen molar-refractivity contribution in [2.24, 2.45) is 0 Å². The summed E-state index contributed by atoms with van der Waals surface area (Å²) in [7, 11) is 0. The molecule has 0 saturated carbocycles. The number of ether oxygens (including phenoxy) is 1. The quantitative estimate of drug-likeness (QED) is 0.879. The molecule has 0 spiro atoms. The molecular weight excluding hydrogens is 336 g/mol. The van der Waals surface area contributed by atoms with Gasteiger partial charge in [-0.05, 0) is 31.5 Å². The van der Waals surface area contributed by atoms with Crippen molar-refractivity contribution in [3.8, 4) is 5.75 Å². The Bertz CT molecular complexity index is 830. The van der Waals surface area contributed by atoms with Crippen LogP contribution in [0.4, 0.5) is 5.69 Å². The molecule has 1 unspecified atom stereocenters. The monoisotopic (exact) mass is 358 g/mol. The molecule has 0 saturated heterocycles. The lowest BCUT2D eigenvalue weighted by Crippen LogP contribution is -2.45. The van der Waals surface area contributed by atoms with Crippen LogP contribution < -0.4 is 15.0 Å². The fraction of sp³-hybridized carbons (Fsp3) is 0.444. The summed E-state index contributed by atoms with van der Waals surface area (Å²) in [6.07, 6.45) is 0. The van der Waals surface area contributed by atoms with Gasteiger partial charge in [-0.1, -0.05) is 19.9 Å². The maximum Gasteiger partial charge on any atom is 0.265 e. The van der Waals surface area contributed by atoms with Gasteiger partial charge < -0.3 is 14.5 Å². The average molecular weight is 358 g/mol. The highest BCUT2D eigenvalue weighted by Gasteiger charge is 2.28. The van der Waals surface area contributed by atoms with E-state index >= 15 is 0 Å². The van der Waals surface area contributed by atoms with Crippen molar-refractivity contribution in [2.45, 2.75) is 39.7 Å². The van der Waals surface area contributed by atoms with Gasteiger partial charge in [0.15, 0.2) is 6.61 Å². The molecular formula is C18H22N4O4. The maximum absolute atomic E-state index is 12.4. The SMILES string of the molecule is Cc1ccc2c(c1)N(CC(=O)NC(C)c1nnc(C(C)C)o1)C(=O)CO2. The zero-order valence-corrected chi connectivity index (χ0v) is 15.3. The van der Waals surface area contributed by atoms with E-state index in [9.17, 15) is 9.59 Å². The predicted octanol–water partition coefficient (Wildman–Crippen LogP) is 2.10. The summed E-state index contributed by atoms with van der Waals surface area (Å²) < 4.78 is 11.0. The topological polar surface area (TPSA) is 97.6 Å². The van der Waals surface area contributed by atoms with Gasteiger partial charge in [-0.15, -0.1) is 10.2 Å². The van der Waals surface area contributed by atoms with E-state index < -0.39 is 6.04 Å². The van der Waals surface area contributed by atoms with Gasteiger partial charge >= 0.3 is 0 Å². The predicted molar refractivity (Wildman–Crippen MR) is 94.0 cm³/mol. The van der Waals surface area contributed by atoms with Crippen molar-refractivity contribution < 1.29 is 18.7 Å². The third-order valence-corrected chi connectivity index (χ3v) is 4.06. The van der Waals surface area contributed by atoms with E-state index in [1.807, 2.05) is 32.9 Å². The Balaban J connectivity index is 1.69. The summed E-state index contributed by atoms with van der Waals surface area (Å²) in [5.74, 6) is 0.995. The molecule has 0 fully saturated rings. The number of nitrogens with zero attached hydrogens (tertiary/aromatic N) is 3. The van der Waals surface area contributed by atoms with Crippen LogP contribution in [0, 0.1) is 6.92 Å². The standard InChI is InChI=1S/C18H22N4O4/c1-10(2)17-20-21-18(26-17)12(4)19-15(23)8-22-13-7-11(3)5-6-14(13)25-9-16(22)24/h5-7,10,12H,8-9H2,1-4H3,(H,19,23). The molecule has 1 N–H and O–H groups in total. The number of aryl methyl sites for hydroxylation is 1. The van der Waals surface area contributed by atoms with Crippen molar-refractivity contribution in [2.75, 3.05) is 18.1 Å². The number of hydrogen-bond donors (Lipinski definition) is 1. The van der Waals surface area contributed by atoms with Crippen molar-refractivity contribution in [3.63, 3.8) is 0 Å². The lowest BCUT2D eigenvalue weighted by atomic mass is 10.1. The molecule has 8 nitrogen and oxygen atoms in total. The highest BCUT2D eigenvalue weighted by Crippen LogP contribution is 2.32. The van der Waals surface area contributed by atoms with Gasteiger partial charge in [0.2, 0.25) is 17.7 Å². The van der Waals surface area contributed by atoms with Gasteiger partial charge in [-0.2, -0.15) is 0 Å². The molecule has 8 heteroatoms. The van der Waals surface area contributed by atoms with Crippen LogP contribution in [0.2, 0.25) is 0 Å². The van der Waals surface area contributed by atoms with Crippen molar-refractivity contribution in [1.82, 2.24) is 15.5 Å². The summed E-state index contributed by atoms with van der Waals surface area (Å²) in [4.78, 5) is 26.1. The van der Waals surface area contributed by atoms with E-state index in [1.165, 1.54) is 4.90 Å². The number of fused-ring (bicyclic) bond motifs is 1. The number of hydrogen-bond acceptors (Lipinski definition) is 6. The third kappa shape index (κ3) is 3.68. The molecule has 0 bridgehead atoms. The van der Waals surface area contributed by atoms with Crippen molar-refractivity contribution in [3.05, 3.63) is 35.5 Å². The number of aromatic nitrogens is 2. The molecule has 2 amide bonds. The fourth-order valence-electron chi connectivity index (χ4n) is 2.63. The lowest BCUT2D eigenvalue weighted by molar-refractivity contribution is -0.125. The van der Waals surface area contributed by atoms with E-state index in [0.29, 0.717) is 23.2 Å².